The number of thiophene rings is 1. The van der Waals surface area contributed by atoms with Gasteiger partial charge in [-0.3, -0.25) is 0 Å². The van der Waals surface area contributed by atoms with E-state index >= 15 is 0 Å². The summed E-state index contributed by atoms with van der Waals surface area (Å²) in [6.45, 7) is 0.869. The summed E-state index contributed by atoms with van der Waals surface area (Å²) in [4.78, 5) is 9.80. The molecule has 0 spiro atoms. The molecule has 2 aromatic rings. The van der Waals surface area contributed by atoms with Crippen LogP contribution in [-0.4, -0.2) is 19.1 Å². The second kappa shape index (κ2) is 6.02. The first kappa shape index (κ1) is 14.3. The number of nitrogens with zero attached hydrogens (tertiary/aromatic N) is 2. The van der Waals surface area contributed by atoms with Crippen molar-refractivity contribution < 1.29 is 0 Å². The van der Waals surface area contributed by atoms with E-state index in [-0.39, 0.29) is 0 Å². The summed E-state index contributed by atoms with van der Waals surface area (Å²) in [7, 11) is 4.13. The van der Waals surface area contributed by atoms with Crippen LogP contribution < -0.4 is 10.2 Å². The van der Waals surface area contributed by atoms with Crippen LogP contribution in [0.3, 0.4) is 0 Å². The molecule has 1 aliphatic rings. The zero-order valence-corrected chi connectivity index (χ0v) is 14.0. The van der Waals surface area contributed by atoms with Crippen molar-refractivity contribution in [3.8, 4) is 0 Å². The number of aromatic nitrogens is 1. The molecule has 0 amide bonds. The van der Waals surface area contributed by atoms with E-state index in [2.05, 4.69) is 23.3 Å². The van der Waals surface area contributed by atoms with Crippen molar-refractivity contribution in [2.45, 2.75) is 31.8 Å². The van der Waals surface area contributed by atoms with Gasteiger partial charge in [0.25, 0.3) is 0 Å². The third kappa shape index (κ3) is 2.86. The van der Waals surface area contributed by atoms with Crippen LogP contribution in [0.4, 0.5) is 5.13 Å². The molecule has 108 valence electrons. The molecule has 0 saturated carbocycles. The smallest absolute Gasteiger partial charge is 0.185 e. The highest BCUT2D eigenvalue weighted by molar-refractivity contribution is 7.16. The van der Waals surface area contributed by atoms with E-state index in [4.69, 9.17) is 16.6 Å². The number of halogens is 1. The third-order valence-corrected chi connectivity index (χ3v) is 6.10. The predicted octanol–water partition coefficient (Wildman–Crippen LogP) is 4.09. The molecule has 2 heterocycles. The van der Waals surface area contributed by atoms with E-state index in [1.54, 1.807) is 11.3 Å². The van der Waals surface area contributed by atoms with Gasteiger partial charge in [0, 0.05) is 16.8 Å². The molecule has 6 heteroatoms. The van der Waals surface area contributed by atoms with E-state index in [1.165, 1.54) is 34.7 Å². The van der Waals surface area contributed by atoms with Crippen LogP contribution in [0, 0.1) is 0 Å². The Labute approximate surface area is 132 Å². The molecule has 1 unspecified atom stereocenters. The fourth-order valence-electron chi connectivity index (χ4n) is 2.59. The molecule has 1 N–H and O–H groups in total. The van der Waals surface area contributed by atoms with Crippen molar-refractivity contribution in [3.63, 3.8) is 0 Å². The Morgan fingerprint density at radius 2 is 2.30 bits per heavy atom. The lowest BCUT2D eigenvalue weighted by Crippen LogP contribution is -2.21. The molecule has 3 rings (SSSR count). The quantitative estimate of drug-likeness (QED) is 0.916. The van der Waals surface area contributed by atoms with Crippen molar-refractivity contribution >= 4 is 39.4 Å². The number of nitrogens with one attached hydrogen (secondary N) is 1. The maximum Gasteiger partial charge on any atom is 0.185 e. The van der Waals surface area contributed by atoms with Crippen LogP contribution in [0.25, 0.3) is 0 Å². The molecule has 0 aliphatic heterocycles. The van der Waals surface area contributed by atoms with Crippen molar-refractivity contribution in [3.05, 3.63) is 31.9 Å². The summed E-state index contributed by atoms with van der Waals surface area (Å²) in [6.07, 6.45) is 3.62. The Morgan fingerprint density at radius 1 is 1.45 bits per heavy atom. The summed E-state index contributed by atoms with van der Waals surface area (Å²) >= 11 is 9.46. The minimum atomic E-state index is 0.424. The first-order valence-electron chi connectivity index (χ1n) is 6.79. The summed E-state index contributed by atoms with van der Waals surface area (Å²) in [5.41, 5.74) is 1.26. The van der Waals surface area contributed by atoms with E-state index in [0.717, 1.165) is 16.0 Å². The van der Waals surface area contributed by atoms with Crippen LogP contribution in [0.2, 0.25) is 4.34 Å². The van der Waals surface area contributed by atoms with Crippen LogP contribution in [-0.2, 0) is 13.0 Å². The van der Waals surface area contributed by atoms with Crippen molar-refractivity contribution in [2.24, 2.45) is 0 Å². The molecular formula is C14H18ClN3S2. The van der Waals surface area contributed by atoms with Crippen molar-refractivity contribution in [1.29, 1.82) is 0 Å². The Morgan fingerprint density at radius 3 is 3.00 bits per heavy atom. The van der Waals surface area contributed by atoms with Gasteiger partial charge in [-0.15, -0.1) is 22.7 Å². The fourth-order valence-corrected chi connectivity index (χ4v) is 4.85. The SMILES string of the molecule is CNC1CCCc2sc(N(C)Cc3ccc(Cl)s3)nc21. The van der Waals surface area contributed by atoms with Gasteiger partial charge in [0.2, 0.25) is 0 Å². The topological polar surface area (TPSA) is 28.2 Å². The minimum absolute atomic E-state index is 0.424. The van der Waals surface area contributed by atoms with Crippen molar-refractivity contribution in [1.82, 2.24) is 10.3 Å². The molecule has 2 aromatic heterocycles. The second-order valence-electron chi connectivity index (χ2n) is 5.10. The van der Waals surface area contributed by atoms with Gasteiger partial charge < -0.3 is 10.2 Å². The van der Waals surface area contributed by atoms with Gasteiger partial charge in [0.05, 0.1) is 22.6 Å². The maximum atomic E-state index is 5.99. The molecule has 0 aromatic carbocycles. The van der Waals surface area contributed by atoms with Crippen LogP contribution in [0.5, 0.6) is 0 Å². The molecule has 0 bridgehead atoms. The lowest BCUT2D eigenvalue weighted by Gasteiger charge is -2.19. The summed E-state index contributed by atoms with van der Waals surface area (Å²) in [5, 5.41) is 4.49. The molecule has 3 nitrogen and oxygen atoms in total. The van der Waals surface area contributed by atoms with Gasteiger partial charge in [0.1, 0.15) is 0 Å². The maximum absolute atomic E-state index is 5.99. The largest absolute Gasteiger partial charge is 0.346 e. The first-order valence-corrected chi connectivity index (χ1v) is 8.80. The monoisotopic (exact) mass is 327 g/mol. The van der Waals surface area contributed by atoms with Gasteiger partial charge in [-0.2, -0.15) is 0 Å². The van der Waals surface area contributed by atoms with Crippen LogP contribution in [0.1, 0.15) is 34.3 Å². The number of hydrogen-bond acceptors (Lipinski definition) is 5. The number of aryl methyl sites for hydroxylation is 1. The van der Waals surface area contributed by atoms with E-state index in [0.29, 0.717) is 6.04 Å². The standard InChI is InChI=1S/C14H18ClN3S2/c1-16-10-4-3-5-11-13(10)17-14(20-11)18(2)8-9-6-7-12(15)19-9/h6-7,10,16H,3-5,8H2,1-2H3. The number of rotatable bonds is 4. The Kier molecular flexibility index (Phi) is 4.31. The molecule has 0 fully saturated rings. The zero-order chi connectivity index (χ0) is 14.1. The number of hydrogen-bond donors (Lipinski definition) is 1. The van der Waals surface area contributed by atoms with Crippen LogP contribution >= 0.6 is 34.3 Å². The van der Waals surface area contributed by atoms with E-state index in [9.17, 15) is 0 Å². The van der Waals surface area contributed by atoms with Gasteiger partial charge in [-0.1, -0.05) is 11.6 Å². The molecule has 0 saturated heterocycles. The highest BCUT2D eigenvalue weighted by Gasteiger charge is 2.24. The molecule has 1 atom stereocenters. The normalized spacial score (nSPS) is 18.1. The second-order valence-corrected chi connectivity index (χ2v) is 7.96. The lowest BCUT2D eigenvalue weighted by molar-refractivity contribution is 0.490. The summed E-state index contributed by atoms with van der Waals surface area (Å²) in [6, 6.07) is 4.47. The van der Waals surface area contributed by atoms with Gasteiger partial charge in [0.15, 0.2) is 5.13 Å². The predicted molar refractivity (Wildman–Crippen MR) is 88.3 cm³/mol. The minimum Gasteiger partial charge on any atom is -0.346 e. The molecular weight excluding hydrogens is 310 g/mol. The average Bonchev–Trinajstić information content (AvgIpc) is 3.04. The van der Waals surface area contributed by atoms with Gasteiger partial charge in [-0.05, 0) is 38.4 Å². The number of thiazole rings is 1. The Hall–Kier alpha value is -0.620. The third-order valence-electron chi connectivity index (χ3n) is 3.64. The van der Waals surface area contributed by atoms with E-state index < -0.39 is 0 Å². The molecule has 20 heavy (non-hydrogen) atoms. The van der Waals surface area contributed by atoms with Gasteiger partial charge >= 0.3 is 0 Å². The van der Waals surface area contributed by atoms with E-state index in [1.807, 2.05) is 24.5 Å². The number of anilines is 1. The summed E-state index contributed by atoms with van der Waals surface area (Å²) < 4.78 is 0.849. The fraction of sp³-hybridized carbons (Fsp3) is 0.500. The molecule has 0 radical (unpaired) electrons. The summed E-state index contributed by atoms with van der Waals surface area (Å²) in [5.74, 6) is 0. The van der Waals surface area contributed by atoms with Crippen molar-refractivity contribution in [2.75, 3.05) is 19.0 Å². The average molecular weight is 328 g/mol. The lowest BCUT2D eigenvalue weighted by atomic mass is 9.98. The molecule has 1 aliphatic carbocycles. The highest BCUT2D eigenvalue weighted by atomic mass is 35.5. The zero-order valence-electron chi connectivity index (χ0n) is 11.6. The number of fused-ring (bicyclic) bond motifs is 1. The first-order chi connectivity index (χ1) is 9.67. The Bertz CT molecular complexity index is 593. The van der Waals surface area contributed by atoms with Gasteiger partial charge in [-0.25, -0.2) is 4.98 Å². The Balaban J connectivity index is 1.78. The highest BCUT2D eigenvalue weighted by Crippen LogP contribution is 2.36. The van der Waals surface area contributed by atoms with Crippen LogP contribution in [0.15, 0.2) is 12.1 Å².